The maximum Gasteiger partial charge on any atom is 0.329 e. The van der Waals surface area contributed by atoms with Gasteiger partial charge in [0.25, 0.3) is 0 Å². The van der Waals surface area contributed by atoms with E-state index in [2.05, 4.69) is 5.32 Å². The van der Waals surface area contributed by atoms with E-state index in [0.717, 1.165) is 25.7 Å². The van der Waals surface area contributed by atoms with E-state index in [9.17, 15) is 14.3 Å². The van der Waals surface area contributed by atoms with Gasteiger partial charge in [-0.3, -0.25) is 0 Å². The van der Waals surface area contributed by atoms with Crippen LogP contribution in [0.4, 0.5) is 10.1 Å². The number of carboxylic acids is 1. The summed E-state index contributed by atoms with van der Waals surface area (Å²) in [5, 5.41) is 13.2. The normalized spacial score (nSPS) is 40.2. The summed E-state index contributed by atoms with van der Waals surface area (Å²) in [5.41, 5.74) is -0.314. The van der Waals surface area contributed by atoms with E-state index in [4.69, 9.17) is 0 Å². The number of rotatable bonds is 3. The van der Waals surface area contributed by atoms with Gasteiger partial charge in [0.15, 0.2) is 0 Å². The van der Waals surface area contributed by atoms with Crippen LogP contribution >= 0.6 is 0 Å². The first-order chi connectivity index (χ1) is 10.1. The van der Waals surface area contributed by atoms with Crippen LogP contribution in [0, 0.1) is 29.5 Å². The van der Waals surface area contributed by atoms with Gasteiger partial charge in [-0.05, 0) is 74.0 Å². The summed E-state index contributed by atoms with van der Waals surface area (Å²) in [6.07, 6.45) is 5.29. The maximum atomic E-state index is 13.4. The van der Waals surface area contributed by atoms with E-state index in [1.54, 1.807) is 12.1 Å². The van der Waals surface area contributed by atoms with Crippen molar-refractivity contribution in [3.63, 3.8) is 0 Å². The zero-order valence-corrected chi connectivity index (χ0v) is 11.9. The Morgan fingerprint density at radius 3 is 2.29 bits per heavy atom. The van der Waals surface area contributed by atoms with E-state index in [1.807, 2.05) is 0 Å². The molecule has 2 N–H and O–H groups in total. The van der Waals surface area contributed by atoms with Crippen LogP contribution in [-0.4, -0.2) is 16.6 Å². The highest BCUT2D eigenvalue weighted by atomic mass is 19.1. The van der Waals surface area contributed by atoms with Crippen molar-refractivity contribution in [3.05, 3.63) is 30.1 Å². The average molecular weight is 289 g/mol. The Kier molecular flexibility index (Phi) is 2.78. The average Bonchev–Trinajstić information content (AvgIpc) is 2.42. The number of carboxylic acid groups (broad SMARTS) is 1. The summed E-state index contributed by atoms with van der Waals surface area (Å²) in [6.45, 7) is 0. The lowest BCUT2D eigenvalue weighted by Crippen LogP contribution is -2.65. The van der Waals surface area contributed by atoms with Gasteiger partial charge < -0.3 is 10.4 Å². The first kappa shape index (κ1) is 13.1. The Morgan fingerprint density at radius 1 is 1.14 bits per heavy atom. The quantitative estimate of drug-likeness (QED) is 0.895. The molecular weight excluding hydrogens is 269 g/mol. The third kappa shape index (κ3) is 1.88. The molecule has 0 saturated heterocycles. The third-order valence-electron chi connectivity index (χ3n) is 5.96. The number of aliphatic carboxylic acids is 1. The molecule has 3 nitrogen and oxygen atoms in total. The molecule has 112 valence electrons. The van der Waals surface area contributed by atoms with Crippen molar-refractivity contribution < 1.29 is 14.3 Å². The minimum Gasteiger partial charge on any atom is -0.479 e. The Hall–Kier alpha value is -1.58. The van der Waals surface area contributed by atoms with Crippen LogP contribution < -0.4 is 5.32 Å². The largest absolute Gasteiger partial charge is 0.479 e. The van der Waals surface area contributed by atoms with Crippen molar-refractivity contribution in [2.45, 2.75) is 37.6 Å². The highest BCUT2D eigenvalue weighted by Crippen LogP contribution is 2.59. The summed E-state index contributed by atoms with van der Waals surface area (Å²) in [7, 11) is 0. The fourth-order valence-corrected chi connectivity index (χ4v) is 5.34. The third-order valence-corrected chi connectivity index (χ3v) is 5.96. The lowest BCUT2D eigenvalue weighted by Gasteiger charge is -2.59. The molecule has 0 aromatic heterocycles. The van der Waals surface area contributed by atoms with Crippen molar-refractivity contribution >= 4 is 11.7 Å². The molecule has 4 bridgehead atoms. The van der Waals surface area contributed by atoms with Crippen LogP contribution in [0.5, 0.6) is 0 Å². The molecule has 0 unspecified atom stereocenters. The Balaban J connectivity index is 1.72. The molecular formula is C17H20FNO2. The van der Waals surface area contributed by atoms with Crippen LogP contribution in [0.25, 0.3) is 0 Å². The predicted molar refractivity (Wildman–Crippen MR) is 77.4 cm³/mol. The van der Waals surface area contributed by atoms with E-state index in [1.165, 1.54) is 18.6 Å². The molecule has 4 saturated carbocycles. The highest BCUT2D eigenvalue weighted by molar-refractivity contribution is 5.84. The van der Waals surface area contributed by atoms with Crippen molar-refractivity contribution in [3.8, 4) is 0 Å². The summed E-state index contributed by atoms with van der Waals surface area (Å²) < 4.78 is 13.4. The van der Waals surface area contributed by atoms with Gasteiger partial charge in [-0.25, -0.2) is 9.18 Å². The SMILES string of the molecule is O=C(O)C1(Nc2cccc(F)c2)C2CC3CC(C2)CC1C3. The van der Waals surface area contributed by atoms with Crippen molar-refractivity contribution in [2.75, 3.05) is 5.32 Å². The summed E-state index contributed by atoms with van der Waals surface area (Å²) in [5.74, 6) is 0.664. The minimum absolute atomic E-state index is 0.175. The number of anilines is 1. The number of halogens is 1. The minimum atomic E-state index is -0.902. The van der Waals surface area contributed by atoms with Crippen molar-refractivity contribution in [1.82, 2.24) is 0 Å². The molecule has 4 aliphatic carbocycles. The van der Waals surface area contributed by atoms with Gasteiger partial charge in [-0.2, -0.15) is 0 Å². The van der Waals surface area contributed by atoms with Crippen LogP contribution in [0.2, 0.25) is 0 Å². The second-order valence-corrected chi connectivity index (χ2v) is 7.11. The summed E-state index contributed by atoms with van der Waals surface area (Å²) in [6, 6.07) is 6.17. The highest BCUT2D eigenvalue weighted by Gasteiger charge is 2.61. The second-order valence-electron chi connectivity index (χ2n) is 7.11. The predicted octanol–water partition coefficient (Wildman–Crippen LogP) is 3.52. The van der Waals surface area contributed by atoms with Gasteiger partial charge in [-0.1, -0.05) is 6.07 Å². The van der Waals surface area contributed by atoms with Crippen molar-refractivity contribution in [1.29, 1.82) is 0 Å². The molecule has 4 aliphatic rings. The monoisotopic (exact) mass is 289 g/mol. The molecule has 5 rings (SSSR count). The van der Waals surface area contributed by atoms with Gasteiger partial charge in [0.05, 0.1) is 0 Å². The molecule has 1 aromatic rings. The van der Waals surface area contributed by atoms with Gasteiger partial charge in [0.2, 0.25) is 0 Å². The molecule has 4 fully saturated rings. The number of nitrogens with one attached hydrogen (secondary N) is 1. The smallest absolute Gasteiger partial charge is 0.329 e. The fourth-order valence-electron chi connectivity index (χ4n) is 5.34. The van der Waals surface area contributed by atoms with Crippen LogP contribution in [0.15, 0.2) is 24.3 Å². The fraction of sp³-hybridized carbons (Fsp3) is 0.588. The number of carbonyl (C=O) groups is 1. The molecule has 0 atom stereocenters. The van der Waals surface area contributed by atoms with Gasteiger partial charge in [0.1, 0.15) is 11.4 Å². The van der Waals surface area contributed by atoms with Gasteiger partial charge >= 0.3 is 5.97 Å². The molecule has 21 heavy (non-hydrogen) atoms. The van der Waals surface area contributed by atoms with Crippen LogP contribution in [-0.2, 0) is 4.79 Å². The standard InChI is InChI=1S/C17H20FNO2/c18-14-2-1-3-15(9-14)19-17(16(20)21)12-5-10-4-11(7-12)8-13(17)6-10/h1-3,9-13,19H,4-8H2,(H,20,21). The Bertz CT molecular complexity index is 558. The van der Waals surface area contributed by atoms with E-state index in [-0.39, 0.29) is 17.7 Å². The zero-order chi connectivity index (χ0) is 14.6. The molecule has 0 spiro atoms. The lowest BCUT2D eigenvalue weighted by atomic mass is 9.48. The van der Waals surface area contributed by atoms with Crippen molar-refractivity contribution in [2.24, 2.45) is 23.7 Å². The number of benzene rings is 1. The lowest BCUT2D eigenvalue weighted by molar-refractivity contribution is -0.157. The summed E-state index contributed by atoms with van der Waals surface area (Å²) in [4.78, 5) is 12.1. The van der Waals surface area contributed by atoms with E-state index in [0.29, 0.717) is 17.5 Å². The zero-order valence-electron chi connectivity index (χ0n) is 11.9. The van der Waals surface area contributed by atoms with E-state index >= 15 is 0 Å². The molecule has 0 heterocycles. The second kappa shape index (κ2) is 4.46. The molecule has 1 aromatic carbocycles. The number of hydrogen-bond acceptors (Lipinski definition) is 2. The van der Waals surface area contributed by atoms with Gasteiger partial charge in [-0.15, -0.1) is 0 Å². The van der Waals surface area contributed by atoms with Gasteiger partial charge in [0, 0.05) is 5.69 Å². The summed E-state index contributed by atoms with van der Waals surface area (Å²) >= 11 is 0. The van der Waals surface area contributed by atoms with Crippen LogP contribution in [0.3, 0.4) is 0 Å². The Labute approximate surface area is 123 Å². The topological polar surface area (TPSA) is 49.3 Å². The Morgan fingerprint density at radius 2 is 1.76 bits per heavy atom. The van der Waals surface area contributed by atoms with E-state index < -0.39 is 11.5 Å². The molecule has 0 amide bonds. The maximum absolute atomic E-state index is 13.4. The number of hydrogen-bond donors (Lipinski definition) is 2. The first-order valence-electron chi connectivity index (χ1n) is 7.85. The molecule has 0 radical (unpaired) electrons. The van der Waals surface area contributed by atoms with Crippen LogP contribution in [0.1, 0.15) is 32.1 Å². The first-order valence-corrected chi connectivity index (χ1v) is 7.85. The molecule has 4 heteroatoms. The molecule has 0 aliphatic heterocycles.